The Morgan fingerprint density at radius 2 is 2.05 bits per heavy atom. The van der Waals surface area contributed by atoms with Crippen LogP contribution in [0.4, 0.5) is 4.39 Å². The van der Waals surface area contributed by atoms with Crippen LogP contribution >= 0.6 is 11.8 Å². The Labute approximate surface area is 121 Å². The topological polar surface area (TPSA) is 66.4 Å². The second-order valence-electron chi connectivity index (χ2n) is 5.04. The van der Waals surface area contributed by atoms with E-state index >= 15 is 0 Å². The number of carbonyl (C=O) groups excluding carboxylic acids is 1. The fraction of sp³-hybridized carbons (Fsp3) is 0.429. The van der Waals surface area contributed by atoms with Crippen molar-refractivity contribution < 1.29 is 19.1 Å². The first-order chi connectivity index (χ1) is 9.27. The van der Waals surface area contributed by atoms with Crippen molar-refractivity contribution in [2.75, 3.05) is 12.8 Å². The number of aliphatic carboxylic acids is 1. The maximum Gasteiger partial charge on any atom is 0.309 e. The van der Waals surface area contributed by atoms with E-state index in [-0.39, 0.29) is 18.3 Å². The van der Waals surface area contributed by atoms with Crippen LogP contribution in [-0.2, 0) is 4.79 Å². The van der Waals surface area contributed by atoms with Gasteiger partial charge in [0, 0.05) is 17.0 Å². The number of rotatable bonds is 6. The molecule has 0 saturated carbocycles. The number of halogens is 1. The third-order valence-corrected chi connectivity index (χ3v) is 3.78. The van der Waals surface area contributed by atoms with E-state index in [0.29, 0.717) is 16.9 Å². The minimum Gasteiger partial charge on any atom is -0.481 e. The number of hydrogen-bond donors (Lipinski definition) is 2. The molecule has 0 unspecified atom stereocenters. The Morgan fingerprint density at radius 3 is 2.60 bits per heavy atom. The number of benzene rings is 1. The number of nitrogens with one attached hydrogen (secondary N) is 1. The quantitative estimate of drug-likeness (QED) is 0.793. The van der Waals surface area contributed by atoms with Crippen LogP contribution in [0.15, 0.2) is 23.1 Å². The predicted molar refractivity (Wildman–Crippen MR) is 76.5 cm³/mol. The normalized spacial score (nSPS) is 11.2. The van der Waals surface area contributed by atoms with Gasteiger partial charge in [-0.25, -0.2) is 4.39 Å². The summed E-state index contributed by atoms with van der Waals surface area (Å²) in [6, 6.07) is 4.15. The van der Waals surface area contributed by atoms with Crippen molar-refractivity contribution in [2.45, 2.75) is 25.2 Å². The second-order valence-corrected chi connectivity index (χ2v) is 5.89. The molecule has 1 aromatic carbocycles. The van der Waals surface area contributed by atoms with E-state index in [1.165, 1.54) is 30.0 Å². The smallest absolute Gasteiger partial charge is 0.309 e. The first kappa shape index (κ1) is 16.5. The van der Waals surface area contributed by atoms with Crippen LogP contribution in [-0.4, -0.2) is 29.8 Å². The van der Waals surface area contributed by atoms with Crippen molar-refractivity contribution in [3.05, 3.63) is 29.6 Å². The monoisotopic (exact) mass is 299 g/mol. The van der Waals surface area contributed by atoms with Crippen LogP contribution in [0, 0.1) is 11.2 Å². The Balaban J connectivity index is 2.62. The van der Waals surface area contributed by atoms with Gasteiger partial charge in [0.2, 0.25) is 0 Å². The molecule has 0 fully saturated rings. The van der Waals surface area contributed by atoms with Crippen LogP contribution in [0.25, 0.3) is 0 Å². The molecule has 0 aliphatic rings. The summed E-state index contributed by atoms with van der Waals surface area (Å²) < 4.78 is 13.3. The summed E-state index contributed by atoms with van der Waals surface area (Å²) in [5, 5.41) is 11.6. The van der Waals surface area contributed by atoms with Gasteiger partial charge in [-0.15, -0.1) is 11.8 Å². The van der Waals surface area contributed by atoms with E-state index in [0.717, 1.165) is 0 Å². The van der Waals surface area contributed by atoms with Crippen molar-refractivity contribution in [3.8, 4) is 0 Å². The van der Waals surface area contributed by atoms with Crippen LogP contribution in [0.3, 0.4) is 0 Å². The lowest BCUT2D eigenvalue weighted by atomic mass is 9.90. The zero-order chi connectivity index (χ0) is 15.3. The molecule has 0 spiro atoms. The molecule has 1 aromatic rings. The van der Waals surface area contributed by atoms with Gasteiger partial charge in [0.05, 0.1) is 5.41 Å². The fourth-order valence-corrected chi connectivity index (χ4v) is 2.01. The molecule has 0 aliphatic carbocycles. The Bertz CT molecular complexity index is 517. The average Bonchev–Trinajstić information content (AvgIpc) is 2.38. The Kier molecular flexibility index (Phi) is 5.56. The minimum absolute atomic E-state index is 0.254. The standard InChI is InChI=1S/C14H18FNO3S/c1-14(2,13(18)19)6-7-16-12(17)9-4-5-10(15)11(8-9)20-3/h4-5,8H,6-7H2,1-3H3,(H,16,17)(H,18,19). The lowest BCUT2D eigenvalue weighted by molar-refractivity contribution is -0.147. The summed E-state index contributed by atoms with van der Waals surface area (Å²) >= 11 is 1.23. The molecule has 1 amide bonds. The largest absolute Gasteiger partial charge is 0.481 e. The highest BCUT2D eigenvalue weighted by Gasteiger charge is 2.26. The molecule has 20 heavy (non-hydrogen) atoms. The SMILES string of the molecule is CSc1cc(C(=O)NCCC(C)(C)C(=O)O)ccc1F. The van der Waals surface area contributed by atoms with Crippen molar-refractivity contribution in [1.29, 1.82) is 0 Å². The highest BCUT2D eigenvalue weighted by Crippen LogP contribution is 2.21. The van der Waals surface area contributed by atoms with Crippen molar-refractivity contribution in [2.24, 2.45) is 5.41 Å². The summed E-state index contributed by atoms with van der Waals surface area (Å²) in [4.78, 5) is 23.2. The van der Waals surface area contributed by atoms with Crippen LogP contribution in [0.2, 0.25) is 0 Å². The van der Waals surface area contributed by atoms with Gasteiger partial charge in [-0.3, -0.25) is 9.59 Å². The first-order valence-electron chi connectivity index (χ1n) is 6.13. The van der Waals surface area contributed by atoms with Gasteiger partial charge in [0.15, 0.2) is 0 Å². The summed E-state index contributed by atoms with van der Waals surface area (Å²) in [5.74, 6) is -1.60. The summed E-state index contributed by atoms with van der Waals surface area (Å²) in [5.41, 5.74) is -0.524. The van der Waals surface area contributed by atoms with Gasteiger partial charge in [-0.05, 0) is 44.7 Å². The minimum atomic E-state index is -0.904. The average molecular weight is 299 g/mol. The molecule has 1 rings (SSSR count). The van der Waals surface area contributed by atoms with E-state index in [2.05, 4.69) is 5.32 Å². The van der Waals surface area contributed by atoms with E-state index in [9.17, 15) is 14.0 Å². The van der Waals surface area contributed by atoms with Gasteiger partial charge in [0.1, 0.15) is 5.82 Å². The van der Waals surface area contributed by atoms with E-state index in [4.69, 9.17) is 5.11 Å². The van der Waals surface area contributed by atoms with Gasteiger partial charge in [0.25, 0.3) is 5.91 Å². The van der Waals surface area contributed by atoms with Crippen molar-refractivity contribution in [1.82, 2.24) is 5.32 Å². The fourth-order valence-electron chi connectivity index (χ4n) is 1.50. The first-order valence-corrected chi connectivity index (χ1v) is 7.35. The molecule has 0 aromatic heterocycles. The van der Waals surface area contributed by atoms with E-state index < -0.39 is 11.4 Å². The number of hydrogen-bond acceptors (Lipinski definition) is 3. The lowest BCUT2D eigenvalue weighted by Crippen LogP contribution is -2.31. The van der Waals surface area contributed by atoms with Gasteiger partial charge < -0.3 is 10.4 Å². The number of carbonyl (C=O) groups is 2. The molecular formula is C14H18FNO3S. The maximum atomic E-state index is 13.3. The van der Waals surface area contributed by atoms with Gasteiger partial charge in [-0.2, -0.15) is 0 Å². The van der Waals surface area contributed by atoms with Crippen molar-refractivity contribution >= 4 is 23.6 Å². The van der Waals surface area contributed by atoms with Gasteiger partial charge in [-0.1, -0.05) is 0 Å². The molecule has 0 saturated heterocycles. The molecule has 2 N–H and O–H groups in total. The number of amides is 1. The molecule has 6 heteroatoms. The number of carboxylic acid groups (broad SMARTS) is 1. The highest BCUT2D eigenvalue weighted by molar-refractivity contribution is 7.98. The van der Waals surface area contributed by atoms with Crippen LogP contribution < -0.4 is 5.32 Å². The van der Waals surface area contributed by atoms with E-state index in [1.54, 1.807) is 20.1 Å². The van der Waals surface area contributed by atoms with Crippen LogP contribution in [0.1, 0.15) is 30.6 Å². The molecule has 0 heterocycles. The van der Waals surface area contributed by atoms with Gasteiger partial charge >= 0.3 is 5.97 Å². The third-order valence-electron chi connectivity index (χ3n) is 3.03. The zero-order valence-corrected chi connectivity index (χ0v) is 12.5. The van der Waals surface area contributed by atoms with Crippen molar-refractivity contribution in [3.63, 3.8) is 0 Å². The molecular weight excluding hydrogens is 281 g/mol. The lowest BCUT2D eigenvalue weighted by Gasteiger charge is -2.18. The maximum absolute atomic E-state index is 13.3. The summed E-state index contributed by atoms with van der Waals surface area (Å²) in [6.07, 6.45) is 2.06. The molecule has 0 aliphatic heterocycles. The molecule has 0 radical (unpaired) electrons. The highest BCUT2D eigenvalue weighted by atomic mass is 32.2. The number of carboxylic acids is 1. The molecule has 110 valence electrons. The summed E-state index contributed by atoms with van der Waals surface area (Å²) in [7, 11) is 0. The molecule has 0 bridgehead atoms. The Hall–Kier alpha value is -1.56. The van der Waals surface area contributed by atoms with Crippen LogP contribution in [0.5, 0.6) is 0 Å². The summed E-state index contributed by atoms with van der Waals surface area (Å²) in [6.45, 7) is 3.46. The Morgan fingerprint density at radius 1 is 1.40 bits per heavy atom. The number of thioether (sulfide) groups is 1. The molecule has 4 nitrogen and oxygen atoms in total. The predicted octanol–water partition coefficient (Wildman–Crippen LogP) is 2.78. The third kappa shape index (κ3) is 4.23. The zero-order valence-electron chi connectivity index (χ0n) is 11.7. The second kappa shape index (κ2) is 6.74. The molecule has 0 atom stereocenters. The van der Waals surface area contributed by atoms with E-state index in [1.807, 2.05) is 0 Å².